The number of amides is 1. The molecule has 0 spiro atoms. The van der Waals surface area contributed by atoms with E-state index in [1.54, 1.807) is 41.3 Å². The lowest BCUT2D eigenvalue weighted by Crippen LogP contribution is -2.15. The molecule has 4 aromatic rings. The van der Waals surface area contributed by atoms with Crippen molar-refractivity contribution >= 4 is 46.6 Å². The summed E-state index contributed by atoms with van der Waals surface area (Å²) in [6, 6.07) is 12.6. The molecule has 2 aromatic heterocycles. The smallest absolute Gasteiger partial charge is 0.278 e. The van der Waals surface area contributed by atoms with Gasteiger partial charge in [0.05, 0.1) is 11.4 Å². The van der Waals surface area contributed by atoms with Crippen molar-refractivity contribution in [3.05, 3.63) is 87.4 Å². The topological polar surface area (TPSA) is 85.6 Å². The molecule has 0 aliphatic rings. The van der Waals surface area contributed by atoms with Gasteiger partial charge in [0, 0.05) is 33.9 Å². The Morgan fingerprint density at radius 3 is 2.41 bits per heavy atom. The molecule has 0 aliphatic carbocycles. The van der Waals surface area contributed by atoms with Gasteiger partial charge in [-0.2, -0.15) is 0 Å². The molecule has 0 aliphatic heterocycles. The third-order valence-electron chi connectivity index (χ3n) is 4.69. The third kappa shape index (κ3) is 4.93. The molecular formula is C22H18Cl2N6OS. The van der Waals surface area contributed by atoms with Gasteiger partial charge in [-0.25, -0.2) is 14.6 Å². The monoisotopic (exact) mass is 484 g/mol. The minimum absolute atomic E-state index is 0.196. The lowest BCUT2D eigenvalue weighted by atomic mass is 10.2. The molecule has 0 radical (unpaired) electrons. The number of thioether (sulfide) groups is 1. The summed E-state index contributed by atoms with van der Waals surface area (Å²) in [4.78, 5) is 21.5. The van der Waals surface area contributed by atoms with E-state index in [9.17, 15) is 4.79 Å². The summed E-state index contributed by atoms with van der Waals surface area (Å²) < 4.78 is 1.61. The Kier molecular flexibility index (Phi) is 6.74. The number of benzene rings is 2. The van der Waals surface area contributed by atoms with E-state index in [4.69, 9.17) is 23.2 Å². The van der Waals surface area contributed by atoms with Gasteiger partial charge in [0.25, 0.3) is 5.91 Å². The molecule has 0 bridgehead atoms. The van der Waals surface area contributed by atoms with Crippen molar-refractivity contribution < 1.29 is 4.79 Å². The Bertz CT molecular complexity index is 1280. The van der Waals surface area contributed by atoms with Crippen LogP contribution in [0.2, 0.25) is 10.0 Å². The minimum Gasteiger partial charge on any atom is -0.320 e. The highest BCUT2D eigenvalue weighted by atomic mass is 35.5. The Balaban J connectivity index is 1.68. The van der Waals surface area contributed by atoms with Gasteiger partial charge in [-0.15, -0.1) is 5.10 Å². The highest BCUT2D eigenvalue weighted by molar-refractivity contribution is 7.98. The van der Waals surface area contributed by atoms with Crippen molar-refractivity contribution in [2.45, 2.75) is 24.8 Å². The number of aromatic nitrogens is 5. The highest BCUT2D eigenvalue weighted by Crippen LogP contribution is 2.26. The Morgan fingerprint density at radius 2 is 1.72 bits per heavy atom. The van der Waals surface area contributed by atoms with Crippen molar-refractivity contribution in [3.8, 4) is 5.69 Å². The summed E-state index contributed by atoms with van der Waals surface area (Å²) in [6.07, 6.45) is 3.33. The number of hydrogen-bond acceptors (Lipinski definition) is 6. The fourth-order valence-electron chi connectivity index (χ4n) is 2.88. The van der Waals surface area contributed by atoms with Crippen molar-refractivity contribution in [2.24, 2.45) is 0 Å². The number of anilines is 1. The van der Waals surface area contributed by atoms with Crippen LogP contribution in [0.5, 0.6) is 0 Å². The largest absolute Gasteiger partial charge is 0.320 e. The van der Waals surface area contributed by atoms with Crippen LogP contribution in [0.3, 0.4) is 0 Å². The van der Waals surface area contributed by atoms with Crippen molar-refractivity contribution in [1.82, 2.24) is 25.0 Å². The summed E-state index contributed by atoms with van der Waals surface area (Å²) in [7, 11) is 0. The first kappa shape index (κ1) is 22.3. The molecule has 2 aromatic carbocycles. The van der Waals surface area contributed by atoms with Crippen LogP contribution in [0.4, 0.5) is 5.69 Å². The Hall–Kier alpha value is -2.94. The number of nitrogens with one attached hydrogen (secondary N) is 1. The molecule has 0 atom stereocenters. The van der Waals surface area contributed by atoms with Crippen molar-refractivity contribution in [2.75, 3.05) is 5.32 Å². The van der Waals surface area contributed by atoms with Crippen molar-refractivity contribution in [1.29, 1.82) is 0 Å². The van der Waals surface area contributed by atoms with Crippen LogP contribution in [0.15, 0.2) is 60.0 Å². The number of rotatable bonds is 6. The number of halogens is 2. The number of carbonyl (C=O) groups is 1. The van der Waals surface area contributed by atoms with Gasteiger partial charge in [-0.1, -0.05) is 52.3 Å². The second-order valence-electron chi connectivity index (χ2n) is 6.97. The van der Waals surface area contributed by atoms with E-state index >= 15 is 0 Å². The second kappa shape index (κ2) is 9.68. The number of aryl methyl sites for hydroxylation is 2. The van der Waals surface area contributed by atoms with Gasteiger partial charge in [0.15, 0.2) is 10.9 Å². The summed E-state index contributed by atoms with van der Waals surface area (Å²) >= 11 is 13.9. The molecule has 0 saturated heterocycles. The fourth-order valence-corrected chi connectivity index (χ4v) is 4.03. The van der Waals surface area contributed by atoms with Crippen LogP contribution < -0.4 is 5.32 Å². The first-order chi connectivity index (χ1) is 15.4. The Labute approximate surface area is 199 Å². The average Bonchev–Trinajstić information content (AvgIpc) is 3.21. The molecule has 7 nitrogen and oxygen atoms in total. The normalized spacial score (nSPS) is 10.9. The van der Waals surface area contributed by atoms with Gasteiger partial charge in [0.2, 0.25) is 0 Å². The van der Waals surface area contributed by atoms with E-state index in [0.29, 0.717) is 38.0 Å². The molecule has 32 heavy (non-hydrogen) atoms. The summed E-state index contributed by atoms with van der Waals surface area (Å²) in [5, 5.41) is 13.0. The highest BCUT2D eigenvalue weighted by Gasteiger charge is 2.22. The summed E-state index contributed by atoms with van der Waals surface area (Å²) in [5.74, 6) is -0.0149. The number of carbonyl (C=O) groups excluding carboxylic acids is 1. The van der Waals surface area contributed by atoms with Crippen LogP contribution in [-0.2, 0) is 5.75 Å². The first-order valence-corrected chi connectivity index (χ1v) is 11.3. The second-order valence-corrected chi connectivity index (χ2v) is 8.73. The van der Waals surface area contributed by atoms with Crippen molar-refractivity contribution in [3.63, 3.8) is 0 Å². The predicted octanol–water partition coefficient (Wildman–Crippen LogP) is 5.53. The minimum atomic E-state index is -0.390. The van der Waals surface area contributed by atoms with Gasteiger partial charge < -0.3 is 5.32 Å². The zero-order valence-corrected chi connectivity index (χ0v) is 19.5. The molecule has 162 valence electrons. The van der Waals surface area contributed by atoms with E-state index in [1.807, 2.05) is 32.0 Å². The molecule has 1 amide bonds. The maximum Gasteiger partial charge on any atom is 0.278 e. The van der Waals surface area contributed by atoms with Crippen LogP contribution in [0, 0.1) is 13.8 Å². The molecule has 0 fully saturated rings. The van der Waals surface area contributed by atoms with Gasteiger partial charge in [-0.3, -0.25) is 4.79 Å². The van der Waals surface area contributed by atoms with E-state index in [1.165, 1.54) is 11.8 Å². The molecule has 10 heteroatoms. The fraction of sp³-hybridized carbons (Fsp3) is 0.136. The summed E-state index contributed by atoms with van der Waals surface area (Å²) in [6.45, 7) is 3.82. The van der Waals surface area contributed by atoms with E-state index in [0.717, 1.165) is 11.1 Å². The van der Waals surface area contributed by atoms with E-state index < -0.39 is 0 Å². The zero-order valence-electron chi connectivity index (χ0n) is 17.2. The summed E-state index contributed by atoms with van der Waals surface area (Å²) in [5.41, 5.74) is 3.93. The average molecular weight is 485 g/mol. The van der Waals surface area contributed by atoms with Gasteiger partial charge in [0.1, 0.15) is 0 Å². The Morgan fingerprint density at radius 1 is 1.03 bits per heavy atom. The quantitative estimate of drug-likeness (QED) is 0.286. The maximum absolute atomic E-state index is 13.1. The predicted molar refractivity (Wildman–Crippen MR) is 127 cm³/mol. The number of nitrogens with zero attached hydrogens (tertiary/aromatic N) is 5. The van der Waals surface area contributed by atoms with E-state index in [2.05, 4.69) is 25.6 Å². The van der Waals surface area contributed by atoms with Gasteiger partial charge >= 0.3 is 0 Å². The van der Waals surface area contributed by atoms with E-state index in [-0.39, 0.29) is 11.6 Å². The zero-order chi connectivity index (χ0) is 22.7. The molecule has 4 rings (SSSR count). The molecule has 1 N–H and O–H groups in total. The third-order valence-corrected chi connectivity index (χ3v) is 6.39. The molecule has 0 unspecified atom stereocenters. The first-order valence-electron chi connectivity index (χ1n) is 9.61. The molecular weight excluding hydrogens is 467 g/mol. The van der Waals surface area contributed by atoms with Crippen LogP contribution in [0.25, 0.3) is 5.69 Å². The number of hydrogen-bond donors (Lipinski definition) is 1. The van der Waals surface area contributed by atoms with Crippen LogP contribution in [0.1, 0.15) is 27.3 Å². The molecule has 2 heterocycles. The van der Waals surface area contributed by atoms with Crippen LogP contribution in [-0.4, -0.2) is 30.9 Å². The lowest BCUT2D eigenvalue weighted by Gasteiger charge is -2.10. The lowest BCUT2D eigenvalue weighted by molar-refractivity contribution is 0.102. The van der Waals surface area contributed by atoms with Gasteiger partial charge in [-0.05, 0) is 55.3 Å². The molecule has 0 saturated carbocycles. The maximum atomic E-state index is 13.1. The van der Waals surface area contributed by atoms with Crippen LogP contribution >= 0.6 is 35.0 Å². The standard InChI is InChI=1S/C22H18Cl2N6OS/c1-13-4-6-15(10-17(13)23)27-21(31)20-19(12-32-22-25-8-3-9-26-22)30(29-28-20)16-7-5-14(2)18(24)11-16/h3-11H,12H2,1-2H3,(H,27,31). The SMILES string of the molecule is Cc1ccc(NC(=O)c2nnn(-c3ccc(C)c(Cl)c3)c2CSc2ncccn2)cc1Cl.